The van der Waals surface area contributed by atoms with Gasteiger partial charge in [-0.15, -0.1) is 0 Å². The van der Waals surface area contributed by atoms with Crippen LogP contribution < -0.4 is 0 Å². The van der Waals surface area contributed by atoms with Crippen molar-refractivity contribution in [1.82, 2.24) is 4.90 Å². The van der Waals surface area contributed by atoms with Crippen molar-refractivity contribution >= 4 is 17.2 Å². The number of nitrogens with zero attached hydrogens (tertiary/aromatic N) is 1. The van der Waals surface area contributed by atoms with Crippen LogP contribution in [-0.2, 0) is 0 Å². The van der Waals surface area contributed by atoms with Crippen molar-refractivity contribution < 1.29 is 0 Å². The molecule has 1 aliphatic heterocycles. The predicted octanol–water partition coefficient (Wildman–Crippen LogP) is 2.45. The second-order valence-corrected chi connectivity index (χ2v) is 4.77. The maximum Gasteiger partial charge on any atom is 0.0836 e. The molecule has 2 heteroatoms. The molecule has 0 saturated carbocycles. The van der Waals surface area contributed by atoms with Crippen molar-refractivity contribution in [2.75, 3.05) is 6.54 Å². The van der Waals surface area contributed by atoms with E-state index >= 15 is 0 Å². The molecule has 1 aliphatic rings. The molecule has 0 radical (unpaired) electrons. The first-order valence-electron chi connectivity index (χ1n) is 4.24. The second-order valence-electron chi connectivity index (χ2n) is 4.39. The molecule has 1 rings (SSSR count). The van der Waals surface area contributed by atoms with Gasteiger partial charge in [-0.3, -0.25) is 0 Å². The fourth-order valence-electron chi connectivity index (χ4n) is 1.25. The van der Waals surface area contributed by atoms with Crippen molar-refractivity contribution in [3.63, 3.8) is 0 Å². The fraction of sp³-hybridized carbons (Fsp3) is 0.889. The van der Waals surface area contributed by atoms with Crippen molar-refractivity contribution in [1.29, 1.82) is 0 Å². The van der Waals surface area contributed by atoms with E-state index in [2.05, 4.69) is 32.6 Å². The van der Waals surface area contributed by atoms with Crippen molar-refractivity contribution in [3.8, 4) is 0 Å². The van der Waals surface area contributed by atoms with Crippen LogP contribution in [0.25, 0.3) is 0 Å². The molecule has 1 atom stereocenters. The Kier molecular flexibility index (Phi) is 2.24. The number of hydrogen-bond acceptors (Lipinski definition) is 1. The molecule has 1 fully saturated rings. The fourth-order valence-corrected chi connectivity index (χ4v) is 1.52. The summed E-state index contributed by atoms with van der Waals surface area (Å²) in [6.07, 6.45) is 1.30. The smallest absolute Gasteiger partial charge is 0.0836 e. The molecule has 0 aromatic heterocycles. The van der Waals surface area contributed by atoms with Gasteiger partial charge in [-0.05, 0) is 13.3 Å². The SMILES string of the molecule is C[C@@H]1CCN1C(=S)C(C)(C)C. The zero-order valence-corrected chi connectivity index (χ0v) is 8.66. The van der Waals surface area contributed by atoms with Gasteiger partial charge in [-0.2, -0.15) is 0 Å². The summed E-state index contributed by atoms with van der Waals surface area (Å²) in [6, 6.07) is 0.682. The lowest BCUT2D eigenvalue weighted by molar-refractivity contribution is 0.190. The molecule has 0 spiro atoms. The van der Waals surface area contributed by atoms with E-state index in [0.29, 0.717) is 6.04 Å². The quantitative estimate of drug-likeness (QED) is 0.515. The average Bonchev–Trinajstić information content (AvgIpc) is 1.83. The van der Waals surface area contributed by atoms with Crippen LogP contribution in [0.4, 0.5) is 0 Å². The third-order valence-electron chi connectivity index (χ3n) is 2.22. The van der Waals surface area contributed by atoms with E-state index < -0.39 is 0 Å². The molecular formula is C9H17NS. The molecule has 1 saturated heterocycles. The Morgan fingerprint density at radius 3 is 2.09 bits per heavy atom. The van der Waals surface area contributed by atoms with E-state index in [1.165, 1.54) is 6.42 Å². The Morgan fingerprint density at radius 2 is 2.00 bits per heavy atom. The zero-order valence-electron chi connectivity index (χ0n) is 7.85. The number of hydrogen-bond donors (Lipinski definition) is 0. The summed E-state index contributed by atoms with van der Waals surface area (Å²) < 4.78 is 0. The highest BCUT2D eigenvalue weighted by Gasteiger charge is 2.31. The molecule has 0 aromatic rings. The van der Waals surface area contributed by atoms with Crippen molar-refractivity contribution in [2.45, 2.75) is 40.2 Å². The summed E-state index contributed by atoms with van der Waals surface area (Å²) in [5, 5.41) is 0. The second kappa shape index (κ2) is 2.74. The van der Waals surface area contributed by atoms with Gasteiger partial charge in [0.2, 0.25) is 0 Å². The van der Waals surface area contributed by atoms with Crippen LogP contribution >= 0.6 is 12.2 Å². The van der Waals surface area contributed by atoms with Gasteiger partial charge in [0.15, 0.2) is 0 Å². The molecule has 0 aliphatic carbocycles. The van der Waals surface area contributed by atoms with E-state index in [9.17, 15) is 0 Å². The van der Waals surface area contributed by atoms with E-state index in [1.54, 1.807) is 0 Å². The Hall–Kier alpha value is -0.110. The summed E-state index contributed by atoms with van der Waals surface area (Å²) in [6.45, 7) is 9.94. The topological polar surface area (TPSA) is 3.24 Å². The molecular weight excluding hydrogens is 154 g/mol. The Balaban J connectivity index is 2.55. The molecule has 0 unspecified atom stereocenters. The molecule has 0 amide bonds. The molecule has 0 aromatic carbocycles. The predicted molar refractivity (Wildman–Crippen MR) is 52.8 cm³/mol. The summed E-state index contributed by atoms with van der Waals surface area (Å²) in [4.78, 5) is 3.45. The van der Waals surface area contributed by atoms with Gasteiger partial charge < -0.3 is 4.90 Å². The average molecular weight is 171 g/mol. The summed E-state index contributed by atoms with van der Waals surface area (Å²) in [7, 11) is 0. The Morgan fingerprint density at radius 1 is 1.45 bits per heavy atom. The van der Waals surface area contributed by atoms with Gasteiger partial charge in [-0.1, -0.05) is 33.0 Å². The Labute approximate surface area is 74.8 Å². The summed E-state index contributed by atoms with van der Waals surface area (Å²) in [5.41, 5.74) is 0.171. The minimum atomic E-state index is 0.171. The summed E-state index contributed by atoms with van der Waals surface area (Å²) >= 11 is 5.37. The lowest BCUT2D eigenvalue weighted by Crippen LogP contribution is -2.52. The number of likely N-dealkylation sites (tertiary alicyclic amines) is 1. The molecule has 64 valence electrons. The molecule has 0 bridgehead atoms. The van der Waals surface area contributed by atoms with E-state index in [0.717, 1.165) is 11.5 Å². The van der Waals surface area contributed by atoms with E-state index in [-0.39, 0.29) is 5.41 Å². The van der Waals surface area contributed by atoms with Crippen molar-refractivity contribution in [3.05, 3.63) is 0 Å². The van der Waals surface area contributed by atoms with Crippen LogP contribution in [0.2, 0.25) is 0 Å². The van der Waals surface area contributed by atoms with Gasteiger partial charge in [-0.25, -0.2) is 0 Å². The number of thiocarbonyl (C=S) groups is 1. The third kappa shape index (κ3) is 1.73. The van der Waals surface area contributed by atoms with Crippen LogP contribution in [-0.4, -0.2) is 22.5 Å². The standard InChI is InChI=1S/C9H17NS/c1-7-5-6-10(7)8(11)9(2,3)4/h7H,5-6H2,1-4H3/t7-/m1/s1. The largest absolute Gasteiger partial charge is 0.363 e. The van der Waals surface area contributed by atoms with Crippen LogP contribution in [0.5, 0.6) is 0 Å². The highest BCUT2D eigenvalue weighted by molar-refractivity contribution is 7.80. The maximum absolute atomic E-state index is 5.37. The lowest BCUT2D eigenvalue weighted by Gasteiger charge is -2.44. The third-order valence-corrected chi connectivity index (χ3v) is 3.07. The molecule has 1 heterocycles. The maximum atomic E-state index is 5.37. The first-order chi connectivity index (χ1) is 4.93. The van der Waals surface area contributed by atoms with Crippen molar-refractivity contribution in [2.24, 2.45) is 5.41 Å². The van der Waals surface area contributed by atoms with Gasteiger partial charge in [0.25, 0.3) is 0 Å². The molecule has 0 N–H and O–H groups in total. The first-order valence-corrected chi connectivity index (χ1v) is 4.65. The minimum Gasteiger partial charge on any atom is -0.363 e. The lowest BCUT2D eigenvalue weighted by atomic mass is 9.92. The van der Waals surface area contributed by atoms with Crippen LogP contribution in [0, 0.1) is 5.41 Å². The highest BCUT2D eigenvalue weighted by Crippen LogP contribution is 2.26. The van der Waals surface area contributed by atoms with Crippen LogP contribution in [0.15, 0.2) is 0 Å². The Bertz CT molecular complexity index is 169. The van der Waals surface area contributed by atoms with Gasteiger partial charge in [0, 0.05) is 18.0 Å². The van der Waals surface area contributed by atoms with Gasteiger partial charge in [0.1, 0.15) is 0 Å². The van der Waals surface area contributed by atoms with Gasteiger partial charge in [0.05, 0.1) is 4.99 Å². The van der Waals surface area contributed by atoms with Crippen LogP contribution in [0.3, 0.4) is 0 Å². The molecule has 1 nitrogen and oxygen atoms in total. The molecule has 11 heavy (non-hydrogen) atoms. The monoisotopic (exact) mass is 171 g/mol. The van der Waals surface area contributed by atoms with Crippen LogP contribution in [0.1, 0.15) is 34.1 Å². The van der Waals surface area contributed by atoms with E-state index in [4.69, 9.17) is 12.2 Å². The highest BCUT2D eigenvalue weighted by atomic mass is 32.1. The first kappa shape index (κ1) is 8.98. The zero-order chi connectivity index (χ0) is 8.65. The number of rotatable bonds is 0. The van der Waals surface area contributed by atoms with E-state index in [1.807, 2.05) is 0 Å². The minimum absolute atomic E-state index is 0.171. The normalized spacial score (nSPS) is 24.7. The van der Waals surface area contributed by atoms with Gasteiger partial charge >= 0.3 is 0 Å². The summed E-state index contributed by atoms with van der Waals surface area (Å²) in [5.74, 6) is 0.